The fraction of sp³-hybridized carbons (Fsp3) is 0.269. The maximum Gasteiger partial charge on any atom is 0.269 e. The number of hydrogen-bond donors (Lipinski definition) is 2. The Kier molecular flexibility index (Phi) is 6.62. The molecule has 0 aliphatic carbocycles. The van der Waals surface area contributed by atoms with Gasteiger partial charge in [-0.05, 0) is 48.9 Å². The SMILES string of the molecule is C=CC(=O)N1CCN([C@@H]2CCNc3c2nn(-c2ccc(Oc4cccc(F)c4F)cc2)c3C(N)=O)CC1. The molecule has 2 aliphatic heterocycles. The number of nitrogens with one attached hydrogen (secondary N) is 1. The average Bonchev–Trinajstić information content (AvgIpc) is 3.31. The Morgan fingerprint density at radius 2 is 1.84 bits per heavy atom. The number of anilines is 1. The molecule has 2 aromatic carbocycles. The molecule has 1 atom stereocenters. The lowest BCUT2D eigenvalue weighted by Crippen LogP contribution is -2.50. The molecule has 1 saturated heterocycles. The van der Waals surface area contributed by atoms with Crippen molar-refractivity contribution in [3.63, 3.8) is 0 Å². The van der Waals surface area contributed by atoms with Gasteiger partial charge in [-0.3, -0.25) is 14.5 Å². The highest BCUT2D eigenvalue weighted by atomic mass is 19.2. The first-order chi connectivity index (χ1) is 17.9. The number of benzene rings is 2. The highest BCUT2D eigenvalue weighted by molar-refractivity contribution is 5.98. The maximum absolute atomic E-state index is 14.0. The number of primary amides is 1. The van der Waals surface area contributed by atoms with E-state index in [9.17, 15) is 18.4 Å². The van der Waals surface area contributed by atoms with Crippen LogP contribution >= 0.6 is 0 Å². The van der Waals surface area contributed by atoms with Crippen LogP contribution in [0.4, 0.5) is 14.5 Å². The van der Waals surface area contributed by atoms with Gasteiger partial charge in [-0.25, -0.2) is 9.07 Å². The first kappa shape index (κ1) is 24.4. The summed E-state index contributed by atoms with van der Waals surface area (Å²) in [5.41, 5.74) is 7.85. The molecule has 0 saturated carbocycles. The Hall–Kier alpha value is -4.25. The van der Waals surface area contributed by atoms with Crippen molar-refractivity contribution in [2.75, 3.05) is 38.0 Å². The maximum atomic E-state index is 14.0. The van der Waals surface area contributed by atoms with Gasteiger partial charge in [0.2, 0.25) is 11.7 Å². The fourth-order valence-corrected chi connectivity index (χ4v) is 4.81. The zero-order valence-corrected chi connectivity index (χ0v) is 20.0. The van der Waals surface area contributed by atoms with Crippen LogP contribution in [0.15, 0.2) is 55.1 Å². The molecule has 2 amide bonds. The van der Waals surface area contributed by atoms with Crippen molar-refractivity contribution < 1.29 is 23.1 Å². The van der Waals surface area contributed by atoms with Crippen molar-refractivity contribution in [1.82, 2.24) is 19.6 Å². The molecule has 0 spiro atoms. The summed E-state index contributed by atoms with van der Waals surface area (Å²) in [7, 11) is 0. The van der Waals surface area contributed by atoms with E-state index in [2.05, 4.69) is 16.8 Å². The number of rotatable bonds is 6. The lowest BCUT2D eigenvalue weighted by Gasteiger charge is -2.40. The number of nitrogens with zero attached hydrogens (tertiary/aromatic N) is 4. The summed E-state index contributed by atoms with van der Waals surface area (Å²) in [6, 6.07) is 10.1. The van der Waals surface area contributed by atoms with Crippen molar-refractivity contribution in [3.8, 4) is 17.2 Å². The summed E-state index contributed by atoms with van der Waals surface area (Å²) >= 11 is 0. The molecule has 37 heavy (non-hydrogen) atoms. The van der Waals surface area contributed by atoms with E-state index in [1.165, 1.54) is 22.9 Å². The van der Waals surface area contributed by atoms with E-state index in [0.717, 1.165) is 12.5 Å². The Morgan fingerprint density at radius 1 is 1.11 bits per heavy atom. The monoisotopic (exact) mass is 508 g/mol. The van der Waals surface area contributed by atoms with Gasteiger partial charge in [-0.1, -0.05) is 12.6 Å². The van der Waals surface area contributed by atoms with Crippen LogP contribution in [0.5, 0.6) is 11.5 Å². The molecule has 1 fully saturated rings. The zero-order chi connectivity index (χ0) is 26.1. The van der Waals surface area contributed by atoms with Gasteiger partial charge < -0.3 is 20.7 Å². The lowest BCUT2D eigenvalue weighted by molar-refractivity contribution is -0.128. The number of halogens is 2. The van der Waals surface area contributed by atoms with Crippen molar-refractivity contribution in [2.45, 2.75) is 12.5 Å². The number of hydrogen-bond acceptors (Lipinski definition) is 6. The van der Waals surface area contributed by atoms with E-state index in [0.29, 0.717) is 49.8 Å². The summed E-state index contributed by atoms with van der Waals surface area (Å²) in [4.78, 5) is 28.5. The molecule has 3 N–H and O–H groups in total. The molecule has 3 aromatic rings. The predicted octanol–water partition coefficient (Wildman–Crippen LogP) is 3.23. The van der Waals surface area contributed by atoms with Gasteiger partial charge in [0.25, 0.3) is 5.91 Å². The van der Waals surface area contributed by atoms with Crippen LogP contribution in [-0.4, -0.2) is 64.1 Å². The number of carbonyl (C=O) groups excluding carboxylic acids is 2. The first-order valence-corrected chi connectivity index (χ1v) is 11.9. The molecular weight excluding hydrogens is 482 g/mol. The van der Waals surface area contributed by atoms with Gasteiger partial charge in [0, 0.05) is 32.7 Å². The molecule has 0 unspecified atom stereocenters. The molecule has 11 heteroatoms. The molecule has 9 nitrogen and oxygen atoms in total. The largest absolute Gasteiger partial charge is 0.454 e. The Bertz CT molecular complexity index is 1350. The fourth-order valence-electron chi connectivity index (χ4n) is 4.81. The summed E-state index contributed by atoms with van der Waals surface area (Å²) < 4.78 is 34.4. The normalized spacial score (nSPS) is 17.6. The van der Waals surface area contributed by atoms with Crippen molar-refractivity contribution >= 4 is 17.5 Å². The molecular formula is C26H26F2N6O3. The van der Waals surface area contributed by atoms with Crippen LogP contribution in [0, 0.1) is 11.6 Å². The number of amides is 2. The quantitative estimate of drug-likeness (QED) is 0.496. The Morgan fingerprint density at radius 3 is 2.51 bits per heavy atom. The molecule has 5 rings (SSSR count). The Labute approximate surface area is 212 Å². The standard InChI is InChI=1S/C26H26F2N6O3/c1-2-21(35)33-14-12-32(13-15-33)19-10-11-30-24-23(19)31-34(25(24)26(29)36)16-6-8-17(9-7-16)37-20-5-3-4-18(27)22(20)28/h2-9,19,30H,1,10-15H2,(H2,29,36)/t19-/m1/s1. The smallest absolute Gasteiger partial charge is 0.269 e. The van der Waals surface area contributed by atoms with Crippen LogP contribution in [-0.2, 0) is 4.79 Å². The van der Waals surface area contributed by atoms with E-state index in [-0.39, 0.29) is 29.1 Å². The highest BCUT2D eigenvalue weighted by Crippen LogP contribution is 2.37. The van der Waals surface area contributed by atoms with Crippen LogP contribution < -0.4 is 15.8 Å². The number of aromatic nitrogens is 2. The van der Waals surface area contributed by atoms with Gasteiger partial charge in [0.05, 0.1) is 17.4 Å². The van der Waals surface area contributed by atoms with E-state index < -0.39 is 17.5 Å². The van der Waals surface area contributed by atoms with E-state index in [1.54, 1.807) is 29.2 Å². The van der Waals surface area contributed by atoms with Gasteiger partial charge in [-0.15, -0.1) is 0 Å². The summed E-state index contributed by atoms with van der Waals surface area (Å²) in [6.07, 6.45) is 2.10. The minimum atomic E-state index is -1.07. The van der Waals surface area contributed by atoms with Gasteiger partial charge in [0.15, 0.2) is 17.3 Å². The lowest BCUT2D eigenvalue weighted by atomic mass is 10.0. The molecule has 2 aliphatic rings. The van der Waals surface area contributed by atoms with Crippen molar-refractivity contribution in [3.05, 3.63) is 78.1 Å². The minimum Gasteiger partial charge on any atom is -0.454 e. The van der Waals surface area contributed by atoms with Crippen LogP contribution in [0.2, 0.25) is 0 Å². The number of ether oxygens (including phenoxy) is 1. The van der Waals surface area contributed by atoms with Crippen molar-refractivity contribution in [1.29, 1.82) is 0 Å². The predicted molar refractivity (Wildman–Crippen MR) is 133 cm³/mol. The second-order valence-electron chi connectivity index (χ2n) is 8.83. The van der Waals surface area contributed by atoms with Crippen LogP contribution in [0.3, 0.4) is 0 Å². The molecule has 3 heterocycles. The summed E-state index contributed by atoms with van der Waals surface area (Å²) in [5, 5.41) is 8.05. The summed E-state index contributed by atoms with van der Waals surface area (Å²) in [6.45, 7) is 6.71. The number of carbonyl (C=O) groups is 2. The minimum absolute atomic E-state index is 0.0462. The summed E-state index contributed by atoms with van der Waals surface area (Å²) in [5.74, 6) is -2.74. The Balaban J connectivity index is 1.41. The van der Waals surface area contributed by atoms with Crippen LogP contribution in [0.1, 0.15) is 28.6 Å². The third kappa shape index (κ3) is 4.65. The van der Waals surface area contributed by atoms with Crippen LogP contribution in [0.25, 0.3) is 5.69 Å². The van der Waals surface area contributed by atoms with Gasteiger partial charge in [-0.2, -0.15) is 9.49 Å². The molecule has 0 bridgehead atoms. The second-order valence-corrected chi connectivity index (χ2v) is 8.83. The van der Waals surface area contributed by atoms with Crippen molar-refractivity contribution in [2.24, 2.45) is 5.73 Å². The van der Waals surface area contributed by atoms with E-state index in [1.807, 2.05) is 0 Å². The van der Waals surface area contributed by atoms with E-state index in [4.69, 9.17) is 15.6 Å². The van der Waals surface area contributed by atoms with Gasteiger partial charge in [0.1, 0.15) is 11.4 Å². The van der Waals surface area contributed by atoms with Gasteiger partial charge >= 0.3 is 0 Å². The number of nitrogens with two attached hydrogens (primary N) is 1. The average molecular weight is 509 g/mol. The third-order valence-electron chi connectivity index (χ3n) is 6.65. The highest BCUT2D eigenvalue weighted by Gasteiger charge is 2.35. The molecule has 192 valence electrons. The van der Waals surface area contributed by atoms with E-state index >= 15 is 0 Å². The number of fused-ring (bicyclic) bond motifs is 1. The number of piperazine rings is 1. The zero-order valence-electron chi connectivity index (χ0n) is 20.0. The molecule has 0 radical (unpaired) electrons. The third-order valence-corrected chi connectivity index (χ3v) is 6.65. The topological polar surface area (TPSA) is 106 Å². The molecule has 1 aromatic heterocycles. The second kappa shape index (κ2) is 10.0. The first-order valence-electron chi connectivity index (χ1n) is 11.9.